The lowest BCUT2D eigenvalue weighted by Crippen LogP contribution is -2.32. The SMILES string of the molecule is Cc1ccccc1CC(C)Nc1cc(N2CCCC2CO)ncn1. The molecule has 0 saturated carbocycles. The summed E-state index contributed by atoms with van der Waals surface area (Å²) in [7, 11) is 0. The van der Waals surface area contributed by atoms with E-state index in [1.165, 1.54) is 11.1 Å². The lowest BCUT2D eigenvalue weighted by atomic mass is 10.0. The van der Waals surface area contributed by atoms with Crippen molar-refractivity contribution in [2.75, 3.05) is 23.4 Å². The van der Waals surface area contributed by atoms with Crippen LogP contribution in [0.2, 0.25) is 0 Å². The average molecular weight is 326 g/mol. The molecule has 24 heavy (non-hydrogen) atoms. The number of benzene rings is 1. The van der Waals surface area contributed by atoms with Crippen LogP contribution in [0.3, 0.4) is 0 Å². The Morgan fingerprint density at radius 1 is 1.33 bits per heavy atom. The quantitative estimate of drug-likeness (QED) is 0.855. The molecule has 2 atom stereocenters. The number of rotatable bonds is 6. The summed E-state index contributed by atoms with van der Waals surface area (Å²) in [4.78, 5) is 10.9. The fraction of sp³-hybridized carbons (Fsp3) is 0.474. The molecule has 2 unspecified atom stereocenters. The molecule has 1 fully saturated rings. The molecule has 1 saturated heterocycles. The van der Waals surface area contributed by atoms with Crippen LogP contribution >= 0.6 is 0 Å². The number of aromatic nitrogens is 2. The summed E-state index contributed by atoms with van der Waals surface area (Å²) in [6.07, 6.45) is 4.68. The summed E-state index contributed by atoms with van der Waals surface area (Å²) in [5, 5.41) is 13.0. The van der Waals surface area contributed by atoms with Crippen molar-refractivity contribution in [3.63, 3.8) is 0 Å². The van der Waals surface area contributed by atoms with Gasteiger partial charge in [-0.3, -0.25) is 0 Å². The topological polar surface area (TPSA) is 61.3 Å². The van der Waals surface area contributed by atoms with Crippen molar-refractivity contribution < 1.29 is 5.11 Å². The molecule has 0 bridgehead atoms. The Labute approximate surface area is 143 Å². The standard InChI is InChI=1S/C19H26N4O/c1-14-6-3-4-7-16(14)10-15(2)22-18-11-19(21-13-20-18)23-9-5-8-17(23)12-24/h3-4,6-7,11,13,15,17,24H,5,8-10,12H2,1-2H3,(H,20,21,22). The third-order valence-corrected chi connectivity index (χ3v) is 4.72. The molecule has 0 amide bonds. The maximum absolute atomic E-state index is 9.50. The summed E-state index contributed by atoms with van der Waals surface area (Å²) in [5.41, 5.74) is 2.67. The lowest BCUT2D eigenvalue weighted by Gasteiger charge is -2.24. The Morgan fingerprint density at radius 3 is 2.96 bits per heavy atom. The minimum atomic E-state index is 0.177. The van der Waals surface area contributed by atoms with E-state index in [0.717, 1.165) is 37.4 Å². The zero-order valence-electron chi connectivity index (χ0n) is 14.4. The van der Waals surface area contributed by atoms with Crippen LogP contribution in [0.4, 0.5) is 11.6 Å². The number of aliphatic hydroxyl groups is 1. The van der Waals surface area contributed by atoms with Gasteiger partial charge in [-0.25, -0.2) is 9.97 Å². The van der Waals surface area contributed by atoms with Crippen LogP contribution in [0.1, 0.15) is 30.9 Å². The first-order chi connectivity index (χ1) is 11.7. The van der Waals surface area contributed by atoms with Gasteiger partial charge in [0.15, 0.2) is 0 Å². The van der Waals surface area contributed by atoms with Crippen LogP contribution in [0.15, 0.2) is 36.7 Å². The van der Waals surface area contributed by atoms with Crippen molar-refractivity contribution in [1.82, 2.24) is 9.97 Å². The molecule has 5 heteroatoms. The highest BCUT2D eigenvalue weighted by atomic mass is 16.3. The zero-order valence-corrected chi connectivity index (χ0v) is 14.4. The van der Waals surface area contributed by atoms with Crippen LogP contribution in [-0.2, 0) is 6.42 Å². The van der Waals surface area contributed by atoms with E-state index in [-0.39, 0.29) is 18.7 Å². The van der Waals surface area contributed by atoms with Crippen molar-refractivity contribution >= 4 is 11.6 Å². The molecule has 2 heterocycles. The maximum atomic E-state index is 9.50. The molecule has 5 nitrogen and oxygen atoms in total. The van der Waals surface area contributed by atoms with E-state index in [4.69, 9.17) is 0 Å². The summed E-state index contributed by atoms with van der Waals surface area (Å²) >= 11 is 0. The second-order valence-corrected chi connectivity index (χ2v) is 6.61. The summed E-state index contributed by atoms with van der Waals surface area (Å²) in [6.45, 7) is 5.44. The molecular weight excluding hydrogens is 300 g/mol. The van der Waals surface area contributed by atoms with Crippen LogP contribution < -0.4 is 10.2 Å². The zero-order chi connectivity index (χ0) is 16.9. The molecule has 2 aromatic rings. The third-order valence-electron chi connectivity index (χ3n) is 4.72. The second kappa shape index (κ2) is 7.62. The largest absolute Gasteiger partial charge is 0.394 e. The monoisotopic (exact) mass is 326 g/mol. The fourth-order valence-corrected chi connectivity index (χ4v) is 3.38. The van der Waals surface area contributed by atoms with Crippen LogP contribution in [0.5, 0.6) is 0 Å². The highest BCUT2D eigenvalue weighted by Crippen LogP contribution is 2.25. The van der Waals surface area contributed by atoms with E-state index in [2.05, 4.69) is 58.3 Å². The van der Waals surface area contributed by atoms with Gasteiger partial charge < -0.3 is 15.3 Å². The number of nitrogens with one attached hydrogen (secondary N) is 1. The molecule has 0 radical (unpaired) electrons. The van der Waals surface area contributed by atoms with E-state index in [9.17, 15) is 5.11 Å². The van der Waals surface area contributed by atoms with Gasteiger partial charge >= 0.3 is 0 Å². The Kier molecular flexibility index (Phi) is 5.30. The third kappa shape index (κ3) is 3.85. The number of hydrogen-bond acceptors (Lipinski definition) is 5. The fourth-order valence-electron chi connectivity index (χ4n) is 3.38. The van der Waals surface area contributed by atoms with Gasteiger partial charge in [0.05, 0.1) is 12.6 Å². The van der Waals surface area contributed by atoms with Gasteiger partial charge in [0.1, 0.15) is 18.0 Å². The van der Waals surface area contributed by atoms with E-state index < -0.39 is 0 Å². The van der Waals surface area contributed by atoms with E-state index in [1.54, 1.807) is 6.33 Å². The van der Waals surface area contributed by atoms with Crippen molar-refractivity contribution in [2.45, 2.75) is 45.2 Å². The first kappa shape index (κ1) is 16.7. The van der Waals surface area contributed by atoms with Gasteiger partial charge in [-0.05, 0) is 44.2 Å². The average Bonchev–Trinajstić information content (AvgIpc) is 3.06. The predicted octanol–water partition coefficient (Wildman–Crippen LogP) is 2.79. The minimum absolute atomic E-state index is 0.177. The molecule has 0 spiro atoms. The molecule has 1 aliphatic heterocycles. The first-order valence-corrected chi connectivity index (χ1v) is 8.68. The Hall–Kier alpha value is -2.14. The molecule has 0 aliphatic carbocycles. The van der Waals surface area contributed by atoms with Gasteiger partial charge in [0.25, 0.3) is 0 Å². The number of aliphatic hydroxyl groups excluding tert-OH is 1. The van der Waals surface area contributed by atoms with E-state index in [1.807, 2.05) is 6.07 Å². The van der Waals surface area contributed by atoms with Gasteiger partial charge in [0.2, 0.25) is 0 Å². The summed E-state index contributed by atoms with van der Waals surface area (Å²) in [5.74, 6) is 1.73. The lowest BCUT2D eigenvalue weighted by molar-refractivity contribution is 0.266. The van der Waals surface area contributed by atoms with Crippen LogP contribution in [0.25, 0.3) is 0 Å². The number of anilines is 2. The van der Waals surface area contributed by atoms with E-state index >= 15 is 0 Å². The Bertz CT molecular complexity index is 676. The second-order valence-electron chi connectivity index (χ2n) is 6.61. The predicted molar refractivity (Wildman–Crippen MR) is 97.5 cm³/mol. The van der Waals surface area contributed by atoms with Crippen molar-refractivity contribution in [3.05, 3.63) is 47.8 Å². The maximum Gasteiger partial charge on any atom is 0.134 e. The Balaban J connectivity index is 1.67. The van der Waals surface area contributed by atoms with Crippen molar-refractivity contribution in [3.8, 4) is 0 Å². The highest BCUT2D eigenvalue weighted by Gasteiger charge is 2.25. The van der Waals surface area contributed by atoms with Crippen LogP contribution in [0, 0.1) is 6.92 Å². The summed E-state index contributed by atoms with van der Waals surface area (Å²) < 4.78 is 0. The summed E-state index contributed by atoms with van der Waals surface area (Å²) in [6, 6.07) is 10.9. The van der Waals surface area contributed by atoms with E-state index in [0.29, 0.717) is 0 Å². The molecule has 2 N–H and O–H groups in total. The molecule has 1 aromatic carbocycles. The first-order valence-electron chi connectivity index (χ1n) is 8.68. The van der Waals surface area contributed by atoms with Gasteiger partial charge in [-0.15, -0.1) is 0 Å². The number of aryl methyl sites for hydroxylation is 1. The number of hydrogen-bond donors (Lipinski definition) is 2. The van der Waals surface area contributed by atoms with Gasteiger partial charge in [0, 0.05) is 18.7 Å². The van der Waals surface area contributed by atoms with Crippen molar-refractivity contribution in [1.29, 1.82) is 0 Å². The number of nitrogens with zero attached hydrogens (tertiary/aromatic N) is 3. The smallest absolute Gasteiger partial charge is 0.134 e. The van der Waals surface area contributed by atoms with Crippen molar-refractivity contribution in [2.24, 2.45) is 0 Å². The molecule has 1 aliphatic rings. The minimum Gasteiger partial charge on any atom is -0.394 e. The molecular formula is C19H26N4O. The molecule has 128 valence electrons. The Morgan fingerprint density at radius 2 is 2.17 bits per heavy atom. The normalized spacial score (nSPS) is 18.6. The van der Waals surface area contributed by atoms with Gasteiger partial charge in [-0.1, -0.05) is 24.3 Å². The molecule has 1 aromatic heterocycles. The highest BCUT2D eigenvalue weighted by molar-refractivity contribution is 5.50. The van der Waals surface area contributed by atoms with Gasteiger partial charge in [-0.2, -0.15) is 0 Å². The van der Waals surface area contributed by atoms with Crippen LogP contribution in [-0.4, -0.2) is 40.3 Å². The molecule has 3 rings (SSSR count).